The summed E-state index contributed by atoms with van der Waals surface area (Å²) in [5, 5.41) is 23.8. The maximum absolute atomic E-state index is 13.0. The maximum Gasteiger partial charge on any atom is 0.326 e. The van der Waals surface area contributed by atoms with Crippen LogP contribution in [0.4, 0.5) is 0 Å². The molecule has 3 N–H and O–H groups in total. The van der Waals surface area contributed by atoms with Gasteiger partial charge in [0.15, 0.2) is 0 Å². The number of methoxy groups -OCH3 is 2. The van der Waals surface area contributed by atoms with E-state index in [1.54, 1.807) is 38.0 Å². The number of carboxylic acid groups (broad SMARTS) is 1. The molecule has 4 fully saturated rings. The van der Waals surface area contributed by atoms with E-state index in [2.05, 4.69) is 59.9 Å². The van der Waals surface area contributed by atoms with Crippen LogP contribution in [0.15, 0.2) is 29.8 Å². The predicted molar refractivity (Wildman–Crippen MR) is 206 cm³/mol. The molecule has 4 saturated carbocycles. The number of allylic oxidation sites excluding steroid dienone is 2. The van der Waals surface area contributed by atoms with E-state index in [4.69, 9.17) is 9.47 Å². The molecule has 1 aromatic carbocycles. The summed E-state index contributed by atoms with van der Waals surface area (Å²) < 4.78 is 10.7. The van der Waals surface area contributed by atoms with E-state index in [9.17, 15) is 19.8 Å². The zero-order chi connectivity index (χ0) is 37.9. The van der Waals surface area contributed by atoms with Crippen molar-refractivity contribution in [3.8, 4) is 11.5 Å². The number of fused-ring (bicyclic) bond motifs is 7. The summed E-state index contributed by atoms with van der Waals surface area (Å²) in [7, 11) is 3.12. The van der Waals surface area contributed by atoms with E-state index < -0.39 is 12.0 Å². The second kappa shape index (κ2) is 14.3. The zero-order valence-electron chi connectivity index (χ0n) is 33.8. The number of aliphatic hydroxyl groups excluding tert-OH is 1. The molecule has 0 saturated heterocycles. The number of hydrogen-bond acceptors (Lipinski definition) is 5. The Bertz CT molecular complexity index is 1510. The molecule has 52 heavy (non-hydrogen) atoms. The van der Waals surface area contributed by atoms with Crippen LogP contribution in [-0.4, -0.2) is 48.5 Å². The molecule has 0 aromatic heterocycles. The average Bonchev–Trinajstić information content (AvgIpc) is 3.07. The van der Waals surface area contributed by atoms with Crippen LogP contribution in [0.1, 0.15) is 138 Å². The molecular formula is C45H69NO6. The zero-order valence-corrected chi connectivity index (χ0v) is 33.8. The number of ether oxygens (including phenoxy) is 2. The molecule has 0 radical (unpaired) electrons. The van der Waals surface area contributed by atoms with Gasteiger partial charge in [-0.3, -0.25) is 4.79 Å². The largest absolute Gasteiger partial charge is 0.497 e. The standard InChI is InChI=1S/C45H69NO6/c1-41(2)26-29(12-10-11-13-39(48)46-35(40(49)50)24-28-22-30(51-8)25-31(23-28)52-9)32-16-20-44(6)34(33(32)27-41)14-15-37-43(5)19-18-38(47)42(3,4)36(43)17-21-45(37,44)7/h14,22-23,25,29,32-33,35-38,47H,10-13,15-21,24,26-27H2,1-9H3,(H,46,48)(H,49,50). The van der Waals surface area contributed by atoms with Crippen molar-refractivity contribution < 1.29 is 29.3 Å². The summed E-state index contributed by atoms with van der Waals surface area (Å²) in [6.45, 7) is 17.6. The SMILES string of the molecule is COc1cc(CC(NC(=O)CCCCC2CC(C)(C)CC3C4=CCC5C6(C)CCC(O)C(C)(C)C6CCC5(C)C4(C)CCC23)C(=O)O)cc(OC)c1. The molecule has 0 aliphatic heterocycles. The molecule has 7 nitrogen and oxygen atoms in total. The van der Waals surface area contributed by atoms with Gasteiger partial charge in [-0.1, -0.05) is 73.0 Å². The van der Waals surface area contributed by atoms with Crippen molar-refractivity contribution in [2.75, 3.05) is 14.2 Å². The first-order valence-electron chi connectivity index (χ1n) is 20.5. The van der Waals surface area contributed by atoms with Gasteiger partial charge < -0.3 is 25.0 Å². The highest BCUT2D eigenvalue weighted by molar-refractivity contribution is 5.83. The molecule has 10 atom stereocenters. The Morgan fingerprint density at radius 1 is 0.885 bits per heavy atom. The van der Waals surface area contributed by atoms with Crippen LogP contribution < -0.4 is 14.8 Å². The van der Waals surface area contributed by atoms with Gasteiger partial charge in [-0.25, -0.2) is 4.79 Å². The lowest BCUT2D eigenvalue weighted by Gasteiger charge is -2.70. The fourth-order valence-electron chi connectivity index (χ4n) is 13.5. The summed E-state index contributed by atoms with van der Waals surface area (Å²) in [4.78, 5) is 25.2. The van der Waals surface area contributed by atoms with Crippen LogP contribution in [0.2, 0.25) is 0 Å². The summed E-state index contributed by atoms with van der Waals surface area (Å²) in [6.07, 6.45) is 16.8. The highest BCUT2D eigenvalue weighted by atomic mass is 16.5. The van der Waals surface area contributed by atoms with Gasteiger partial charge in [0.1, 0.15) is 17.5 Å². The number of aliphatic carboxylic acids is 1. The third-order valence-corrected chi connectivity index (χ3v) is 16.3. The highest BCUT2D eigenvalue weighted by Gasteiger charge is 2.67. The molecule has 1 amide bonds. The van der Waals surface area contributed by atoms with Crippen molar-refractivity contribution in [2.24, 2.45) is 56.7 Å². The Morgan fingerprint density at radius 3 is 2.23 bits per heavy atom. The second-order valence-corrected chi connectivity index (χ2v) is 19.9. The van der Waals surface area contributed by atoms with Crippen LogP contribution in [0.25, 0.3) is 0 Å². The number of nitrogens with one attached hydrogen (secondary N) is 1. The molecular weight excluding hydrogens is 650 g/mol. The molecule has 10 unspecified atom stereocenters. The van der Waals surface area contributed by atoms with E-state index in [0.717, 1.165) is 37.7 Å². The molecule has 0 bridgehead atoms. The van der Waals surface area contributed by atoms with Crippen molar-refractivity contribution in [2.45, 2.75) is 151 Å². The van der Waals surface area contributed by atoms with Crippen LogP contribution in [0, 0.1) is 56.7 Å². The van der Waals surface area contributed by atoms with E-state index in [0.29, 0.717) is 47.5 Å². The normalized spacial score (nSPS) is 37.9. The molecule has 0 spiro atoms. The van der Waals surface area contributed by atoms with Crippen LogP contribution >= 0.6 is 0 Å². The van der Waals surface area contributed by atoms with Crippen LogP contribution in [0.5, 0.6) is 11.5 Å². The summed E-state index contributed by atoms with van der Waals surface area (Å²) in [6, 6.07) is 4.30. The third-order valence-electron chi connectivity index (χ3n) is 16.3. The van der Waals surface area contributed by atoms with Crippen LogP contribution in [-0.2, 0) is 16.0 Å². The van der Waals surface area contributed by atoms with Gasteiger partial charge >= 0.3 is 5.97 Å². The number of aliphatic hydroxyl groups is 1. The fourth-order valence-corrected chi connectivity index (χ4v) is 13.5. The quantitative estimate of drug-likeness (QED) is 0.156. The Kier molecular flexibility index (Phi) is 10.7. The van der Waals surface area contributed by atoms with E-state index >= 15 is 0 Å². The molecule has 290 valence electrons. The van der Waals surface area contributed by atoms with E-state index in [-0.39, 0.29) is 45.5 Å². The van der Waals surface area contributed by atoms with Gasteiger partial charge in [0.05, 0.1) is 20.3 Å². The van der Waals surface area contributed by atoms with Crippen molar-refractivity contribution in [1.29, 1.82) is 0 Å². The molecule has 1 aromatic rings. The van der Waals surface area contributed by atoms with Crippen molar-refractivity contribution in [1.82, 2.24) is 5.32 Å². The van der Waals surface area contributed by atoms with Gasteiger partial charge in [0.2, 0.25) is 5.91 Å². The van der Waals surface area contributed by atoms with Crippen molar-refractivity contribution in [3.05, 3.63) is 35.4 Å². The van der Waals surface area contributed by atoms with Gasteiger partial charge in [-0.15, -0.1) is 0 Å². The smallest absolute Gasteiger partial charge is 0.326 e. The van der Waals surface area contributed by atoms with Gasteiger partial charge in [0, 0.05) is 18.9 Å². The fraction of sp³-hybridized carbons (Fsp3) is 0.778. The number of unbranched alkanes of at least 4 members (excludes halogenated alkanes) is 1. The average molecular weight is 720 g/mol. The van der Waals surface area contributed by atoms with Gasteiger partial charge in [-0.2, -0.15) is 0 Å². The predicted octanol–water partition coefficient (Wildman–Crippen LogP) is 9.39. The Balaban J connectivity index is 1.10. The summed E-state index contributed by atoms with van der Waals surface area (Å²) >= 11 is 0. The van der Waals surface area contributed by atoms with Gasteiger partial charge in [-0.05, 0) is 139 Å². The first-order chi connectivity index (χ1) is 24.4. The topological polar surface area (TPSA) is 105 Å². The van der Waals surface area contributed by atoms with E-state index in [1.165, 1.54) is 44.9 Å². The lowest BCUT2D eigenvalue weighted by molar-refractivity contribution is -0.201. The second-order valence-electron chi connectivity index (χ2n) is 19.9. The number of rotatable bonds is 11. The van der Waals surface area contributed by atoms with Gasteiger partial charge in [0.25, 0.3) is 0 Å². The molecule has 5 aliphatic carbocycles. The summed E-state index contributed by atoms with van der Waals surface area (Å²) in [5.41, 5.74) is 3.54. The molecule has 5 aliphatic rings. The Hall–Kier alpha value is -2.54. The summed E-state index contributed by atoms with van der Waals surface area (Å²) in [5.74, 6) is 3.15. The number of amides is 1. The Morgan fingerprint density at radius 2 is 1.58 bits per heavy atom. The number of carboxylic acids is 1. The van der Waals surface area contributed by atoms with Crippen LogP contribution in [0.3, 0.4) is 0 Å². The number of carbonyl (C=O) groups is 2. The minimum Gasteiger partial charge on any atom is -0.497 e. The minimum absolute atomic E-state index is 0.0262. The van der Waals surface area contributed by atoms with E-state index in [1.807, 2.05) is 0 Å². The lowest BCUT2D eigenvalue weighted by atomic mass is 9.34. The lowest BCUT2D eigenvalue weighted by Crippen LogP contribution is -2.64. The maximum atomic E-state index is 13.0. The number of benzene rings is 1. The minimum atomic E-state index is -1.05. The highest BCUT2D eigenvalue weighted by Crippen LogP contribution is 2.74. The molecule has 6 rings (SSSR count). The number of carbonyl (C=O) groups excluding carboxylic acids is 1. The Labute approximate surface area is 314 Å². The third kappa shape index (κ3) is 6.83. The van der Waals surface area contributed by atoms with Crippen molar-refractivity contribution in [3.63, 3.8) is 0 Å². The molecule has 0 heterocycles. The number of hydrogen-bond donors (Lipinski definition) is 3. The van der Waals surface area contributed by atoms with Crippen molar-refractivity contribution >= 4 is 11.9 Å². The molecule has 7 heteroatoms. The monoisotopic (exact) mass is 720 g/mol. The first kappa shape index (κ1) is 39.2. The first-order valence-corrected chi connectivity index (χ1v) is 20.5.